The Kier molecular flexibility index (Phi) is 7.92. The van der Waals surface area contributed by atoms with E-state index in [4.69, 9.17) is 0 Å². The average Bonchev–Trinajstić information content (AvgIpc) is 2.38. The van der Waals surface area contributed by atoms with Gasteiger partial charge in [-0.2, -0.15) is 13.2 Å². The van der Waals surface area contributed by atoms with Crippen LogP contribution in [0.3, 0.4) is 0 Å². The summed E-state index contributed by atoms with van der Waals surface area (Å²) < 4.78 is 38.9. The molecule has 1 saturated heterocycles. The summed E-state index contributed by atoms with van der Waals surface area (Å²) in [6.45, 7) is 10.4. The molecule has 0 bridgehead atoms. The van der Waals surface area contributed by atoms with Crippen molar-refractivity contribution in [1.82, 2.24) is 4.90 Å². The fourth-order valence-corrected chi connectivity index (χ4v) is 2.51. The summed E-state index contributed by atoms with van der Waals surface area (Å²) in [6.07, 6.45) is -1.24. The Morgan fingerprint density at radius 3 is 2.17 bits per heavy atom. The Hall–Kier alpha value is -0.250. The second-order valence-electron chi connectivity index (χ2n) is 4.85. The first-order valence-corrected chi connectivity index (χ1v) is 7.22. The van der Waals surface area contributed by atoms with E-state index in [0.717, 1.165) is 19.3 Å². The van der Waals surface area contributed by atoms with Gasteiger partial charge in [0.25, 0.3) is 0 Å². The van der Waals surface area contributed by atoms with Crippen molar-refractivity contribution in [3.8, 4) is 0 Å². The molecule has 0 aromatic heterocycles. The quantitative estimate of drug-likeness (QED) is 0.705. The third-order valence-corrected chi connectivity index (χ3v) is 3.86. The highest BCUT2D eigenvalue weighted by Crippen LogP contribution is 2.36. The van der Waals surface area contributed by atoms with Gasteiger partial charge in [0.05, 0.1) is 0 Å². The summed E-state index contributed by atoms with van der Waals surface area (Å²) in [5, 5.41) is 0. The molecule has 1 aliphatic heterocycles. The standard InChI is InChI=1S/C12H22F3N.C2H6/c1-4-9(3)16-7-6-10(5-2)8-11(16)12(13,14)15;1-2/h9-11H,4-8H2,1-3H3;1-2H3. The van der Waals surface area contributed by atoms with Crippen LogP contribution in [0.2, 0.25) is 0 Å². The van der Waals surface area contributed by atoms with Crippen LogP contribution >= 0.6 is 0 Å². The van der Waals surface area contributed by atoms with Crippen LogP contribution in [0, 0.1) is 5.92 Å². The SMILES string of the molecule is CC.CCC1CCN(C(C)CC)C(C(F)(F)F)C1. The van der Waals surface area contributed by atoms with Crippen molar-refractivity contribution in [2.45, 2.75) is 78.6 Å². The van der Waals surface area contributed by atoms with Crippen LogP contribution in [0.1, 0.15) is 60.3 Å². The van der Waals surface area contributed by atoms with Crippen LogP contribution < -0.4 is 0 Å². The highest BCUT2D eigenvalue weighted by atomic mass is 19.4. The third-order valence-electron chi connectivity index (χ3n) is 3.86. The van der Waals surface area contributed by atoms with E-state index in [9.17, 15) is 13.2 Å². The van der Waals surface area contributed by atoms with Gasteiger partial charge in [-0.25, -0.2) is 0 Å². The number of piperidine rings is 1. The zero-order valence-corrected chi connectivity index (χ0v) is 12.3. The lowest BCUT2D eigenvalue weighted by atomic mass is 9.87. The van der Waals surface area contributed by atoms with Gasteiger partial charge in [-0.1, -0.05) is 34.1 Å². The van der Waals surface area contributed by atoms with Gasteiger partial charge < -0.3 is 0 Å². The molecule has 4 heteroatoms. The normalized spacial score (nSPS) is 27.3. The van der Waals surface area contributed by atoms with Gasteiger partial charge in [-0.15, -0.1) is 0 Å². The van der Waals surface area contributed by atoms with Crippen molar-refractivity contribution in [3.05, 3.63) is 0 Å². The Labute approximate surface area is 110 Å². The molecule has 110 valence electrons. The highest BCUT2D eigenvalue weighted by molar-refractivity contribution is 4.88. The minimum Gasteiger partial charge on any atom is -0.290 e. The first-order chi connectivity index (χ1) is 8.40. The van der Waals surface area contributed by atoms with E-state index in [-0.39, 0.29) is 18.4 Å². The fraction of sp³-hybridized carbons (Fsp3) is 1.00. The van der Waals surface area contributed by atoms with E-state index in [1.54, 1.807) is 4.90 Å². The molecule has 1 fully saturated rings. The van der Waals surface area contributed by atoms with Gasteiger partial charge in [-0.05, 0) is 38.6 Å². The minimum absolute atomic E-state index is 0.0319. The predicted octanol–water partition coefficient (Wildman–Crippen LogP) is 4.86. The Morgan fingerprint density at radius 2 is 1.78 bits per heavy atom. The van der Waals surface area contributed by atoms with Gasteiger partial charge in [0, 0.05) is 6.04 Å². The topological polar surface area (TPSA) is 3.24 Å². The summed E-state index contributed by atoms with van der Waals surface area (Å²) in [5.74, 6) is 0.243. The van der Waals surface area contributed by atoms with E-state index >= 15 is 0 Å². The molecule has 1 heterocycles. The lowest BCUT2D eigenvalue weighted by molar-refractivity contribution is -0.201. The molecule has 0 radical (unpaired) electrons. The molecule has 1 rings (SSSR count). The molecular formula is C14H28F3N. The first kappa shape index (κ1) is 17.8. The van der Waals surface area contributed by atoms with E-state index in [2.05, 4.69) is 0 Å². The monoisotopic (exact) mass is 267 g/mol. The smallest absolute Gasteiger partial charge is 0.290 e. The van der Waals surface area contributed by atoms with Gasteiger partial charge in [-0.3, -0.25) is 4.90 Å². The van der Waals surface area contributed by atoms with Gasteiger partial charge in [0.2, 0.25) is 0 Å². The van der Waals surface area contributed by atoms with Crippen LogP contribution in [0.25, 0.3) is 0 Å². The average molecular weight is 267 g/mol. The van der Waals surface area contributed by atoms with Crippen molar-refractivity contribution in [3.63, 3.8) is 0 Å². The van der Waals surface area contributed by atoms with Crippen LogP contribution in [-0.2, 0) is 0 Å². The van der Waals surface area contributed by atoms with E-state index < -0.39 is 12.2 Å². The molecule has 0 aliphatic carbocycles. The lowest BCUT2D eigenvalue weighted by Crippen LogP contribution is -2.53. The van der Waals surface area contributed by atoms with E-state index in [1.165, 1.54) is 0 Å². The molecule has 18 heavy (non-hydrogen) atoms. The Balaban J connectivity index is 0.00000137. The van der Waals surface area contributed by atoms with Crippen molar-refractivity contribution < 1.29 is 13.2 Å². The molecule has 1 aliphatic rings. The molecule has 0 saturated carbocycles. The molecule has 0 aromatic carbocycles. The third kappa shape index (κ3) is 4.79. The molecule has 3 atom stereocenters. The number of hydrogen-bond acceptors (Lipinski definition) is 1. The summed E-state index contributed by atoms with van der Waals surface area (Å²) in [6, 6.07) is -1.19. The highest BCUT2D eigenvalue weighted by Gasteiger charge is 2.47. The number of alkyl halides is 3. The van der Waals surface area contributed by atoms with Gasteiger partial charge in [0.1, 0.15) is 6.04 Å². The summed E-state index contributed by atoms with van der Waals surface area (Å²) >= 11 is 0. The Morgan fingerprint density at radius 1 is 1.22 bits per heavy atom. The molecule has 0 N–H and O–H groups in total. The van der Waals surface area contributed by atoms with Crippen LogP contribution in [0.5, 0.6) is 0 Å². The zero-order valence-electron chi connectivity index (χ0n) is 12.3. The van der Waals surface area contributed by atoms with Gasteiger partial charge >= 0.3 is 6.18 Å². The number of hydrogen-bond donors (Lipinski definition) is 0. The van der Waals surface area contributed by atoms with Crippen molar-refractivity contribution in [1.29, 1.82) is 0 Å². The fourth-order valence-electron chi connectivity index (χ4n) is 2.51. The lowest BCUT2D eigenvalue weighted by Gasteiger charge is -2.43. The van der Waals surface area contributed by atoms with Crippen molar-refractivity contribution in [2.75, 3.05) is 6.54 Å². The molecular weight excluding hydrogens is 239 g/mol. The summed E-state index contributed by atoms with van der Waals surface area (Å²) in [5.41, 5.74) is 0. The number of halogens is 3. The second-order valence-corrected chi connectivity index (χ2v) is 4.85. The number of rotatable bonds is 3. The second kappa shape index (κ2) is 8.03. The first-order valence-electron chi connectivity index (χ1n) is 7.22. The minimum atomic E-state index is -4.07. The van der Waals surface area contributed by atoms with Gasteiger partial charge in [0.15, 0.2) is 0 Å². The number of likely N-dealkylation sites (tertiary alicyclic amines) is 1. The largest absolute Gasteiger partial charge is 0.404 e. The summed E-state index contributed by atoms with van der Waals surface area (Å²) in [4.78, 5) is 1.64. The maximum atomic E-state index is 13.0. The van der Waals surface area contributed by atoms with Crippen LogP contribution in [0.4, 0.5) is 13.2 Å². The maximum Gasteiger partial charge on any atom is 0.404 e. The van der Waals surface area contributed by atoms with Crippen LogP contribution in [-0.4, -0.2) is 29.7 Å². The molecule has 0 amide bonds. The molecule has 0 spiro atoms. The molecule has 0 aromatic rings. The van der Waals surface area contributed by atoms with E-state index in [1.807, 2.05) is 34.6 Å². The van der Waals surface area contributed by atoms with Crippen molar-refractivity contribution >= 4 is 0 Å². The molecule has 1 nitrogen and oxygen atoms in total. The molecule has 3 unspecified atom stereocenters. The van der Waals surface area contributed by atoms with E-state index in [0.29, 0.717) is 6.54 Å². The van der Waals surface area contributed by atoms with Crippen LogP contribution in [0.15, 0.2) is 0 Å². The summed E-state index contributed by atoms with van der Waals surface area (Å²) in [7, 11) is 0. The Bertz CT molecular complexity index is 216. The predicted molar refractivity (Wildman–Crippen MR) is 70.7 cm³/mol. The van der Waals surface area contributed by atoms with Crippen molar-refractivity contribution in [2.24, 2.45) is 5.92 Å². The number of nitrogens with zero attached hydrogens (tertiary/aromatic N) is 1. The maximum absolute atomic E-state index is 13.0. The zero-order chi connectivity index (χ0) is 14.3.